The number of aromatic nitrogens is 2. The molecule has 1 aromatic carbocycles. The highest BCUT2D eigenvalue weighted by Crippen LogP contribution is 2.28. The zero-order chi connectivity index (χ0) is 12.3. The van der Waals surface area contributed by atoms with Gasteiger partial charge in [0.1, 0.15) is 0 Å². The Labute approximate surface area is 107 Å². The molecule has 88 valence electrons. The number of nitrogens with two attached hydrogens (primary N) is 1. The van der Waals surface area contributed by atoms with E-state index in [1.165, 1.54) is 23.1 Å². The van der Waals surface area contributed by atoms with E-state index in [0.717, 1.165) is 4.34 Å². The van der Waals surface area contributed by atoms with Gasteiger partial charge >= 0.3 is 0 Å². The third-order valence-corrected chi connectivity index (χ3v) is 4.06. The van der Waals surface area contributed by atoms with E-state index in [1.807, 2.05) is 37.3 Å². The molecule has 0 fully saturated rings. The standard InChI is InChI=1S/C11H11N3OS2/c1-7(16-11-14-13-10(12)17-11)9(15)8-5-3-2-4-6-8/h2-7H,1H3,(H2,12,13). The van der Waals surface area contributed by atoms with Gasteiger partial charge in [-0.25, -0.2) is 0 Å². The SMILES string of the molecule is CC(Sc1nnc(N)s1)C(=O)c1ccccc1. The minimum absolute atomic E-state index is 0.0874. The molecule has 2 N–H and O–H groups in total. The fraction of sp³-hybridized carbons (Fsp3) is 0.182. The predicted octanol–water partition coefficient (Wildman–Crippen LogP) is 2.48. The van der Waals surface area contributed by atoms with Gasteiger partial charge in [0.15, 0.2) is 10.1 Å². The van der Waals surface area contributed by atoms with E-state index in [9.17, 15) is 4.79 Å². The Morgan fingerprint density at radius 2 is 2.06 bits per heavy atom. The molecule has 17 heavy (non-hydrogen) atoms. The van der Waals surface area contributed by atoms with Gasteiger partial charge in [0.2, 0.25) is 5.13 Å². The fourth-order valence-electron chi connectivity index (χ4n) is 1.31. The summed E-state index contributed by atoms with van der Waals surface area (Å²) in [6, 6.07) is 9.23. The average molecular weight is 265 g/mol. The highest BCUT2D eigenvalue weighted by atomic mass is 32.2. The van der Waals surface area contributed by atoms with Crippen LogP contribution in [-0.4, -0.2) is 21.2 Å². The molecular formula is C11H11N3OS2. The summed E-state index contributed by atoms with van der Waals surface area (Å²) in [6.07, 6.45) is 0. The maximum atomic E-state index is 12.1. The highest BCUT2D eigenvalue weighted by Gasteiger charge is 2.18. The molecule has 0 aliphatic rings. The van der Waals surface area contributed by atoms with Gasteiger partial charge in [-0.2, -0.15) is 0 Å². The number of carbonyl (C=O) groups excluding carboxylic acids is 1. The summed E-state index contributed by atoms with van der Waals surface area (Å²) < 4.78 is 0.722. The molecule has 1 heterocycles. The van der Waals surface area contributed by atoms with Crippen LogP contribution in [-0.2, 0) is 0 Å². The zero-order valence-corrected chi connectivity index (χ0v) is 10.8. The number of nitrogens with zero attached hydrogens (tertiary/aromatic N) is 2. The van der Waals surface area contributed by atoms with E-state index in [2.05, 4.69) is 10.2 Å². The molecule has 6 heteroatoms. The van der Waals surface area contributed by atoms with Crippen LogP contribution in [0.25, 0.3) is 0 Å². The second kappa shape index (κ2) is 5.29. The van der Waals surface area contributed by atoms with Crippen LogP contribution in [0.3, 0.4) is 0 Å². The van der Waals surface area contributed by atoms with E-state index in [1.54, 1.807) is 0 Å². The molecule has 0 aliphatic carbocycles. The molecule has 1 atom stereocenters. The summed E-state index contributed by atoms with van der Waals surface area (Å²) in [5.41, 5.74) is 6.20. The quantitative estimate of drug-likeness (QED) is 0.679. The Bertz CT molecular complexity index is 512. The fourth-order valence-corrected chi connectivity index (χ4v) is 3.17. The molecule has 2 rings (SSSR count). The summed E-state index contributed by atoms with van der Waals surface area (Å²) in [7, 11) is 0. The van der Waals surface area contributed by atoms with Crippen molar-refractivity contribution in [2.24, 2.45) is 0 Å². The Morgan fingerprint density at radius 1 is 1.35 bits per heavy atom. The first kappa shape index (κ1) is 12.1. The van der Waals surface area contributed by atoms with Crippen LogP contribution in [0.4, 0.5) is 5.13 Å². The Balaban J connectivity index is 2.06. The van der Waals surface area contributed by atoms with Crippen molar-refractivity contribution in [3.05, 3.63) is 35.9 Å². The van der Waals surface area contributed by atoms with Gasteiger partial charge < -0.3 is 5.73 Å². The molecule has 2 aromatic rings. The summed E-state index contributed by atoms with van der Waals surface area (Å²) in [6.45, 7) is 1.86. The van der Waals surface area contributed by atoms with E-state index in [-0.39, 0.29) is 11.0 Å². The topological polar surface area (TPSA) is 68.9 Å². The second-order valence-electron chi connectivity index (χ2n) is 3.40. The van der Waals surface area contributed by atoms with Crippen LogP contribution in [0, 0.1) is 0 Å². The molecule has 4 nitrogen and oxygen atoms in total. The van der Waals surface area contributed by atoms with Gasteiger partial charge in [-0.15, -0.1) is 10.2 Å². The molecule has 1 unspecified atom stereocenters. The van der Waals surface area contributed by atoms with Crippen LogP contribution >= 0.6 is 23.1 Å². The number of nitrogen functional groups attached to an aromatic ring is 1. The number of hydrogen-bond donors (Lipinski definition) is 1. The number of thioether (sulfide) groups is 1. The third kappa shape index (κ3) is 3.04. The molecule has 0 saturated carbocycles. The van der Waals surface area contributed by atoms with E-state index < -0.39 is 0 Å². The van der Waals surface area contributed by atoms with Crippen LogP contribution in [0.15, 0.2) is 34.7 Å². The Hall–Kier alpha value is -1.40. The van der Waals surface area contributed by atoms with Crippen LogP contribution in [0.5, 0.6) is 0 Å². The minimum Gasteiger partial charge on any atom is -0.374 e. The van der Waals surface area contributed by atoms with Gasteiger partial charge in [-0.1, -0.05) is 53.4 Å². The number of carbonyl (C=O) groups is 1. The normalized spacial score (nSPS) is 12.3. The lowest BCUT2D eigenvalue weighted by atomic mass is 10.1. The average Bonchev–Trinajstić information content (AvgIpc) is 2.75. The Kier molecular flexibility index (Phi) is 3.75. The summed E-state index contributed by atoms with van der Waals surface area (Å²) in [5, 5.41) is 7.83. The largest absolute Gasteiger partial charge is 0.374 e. The van der Waals surface area contributed by atoms with Crippen molar-refractivity contribution >= 4 is 34.0 Å². The number of Topliss-reactive ketones (excluding diaryl/α,β-unsaturated/α-hetero) is 1. The smallest absolute Gasteiger partial charge is 0.203 e. The molecule has 0 spiro atoms. The zero-order valence-electron chi connectivity index (χ0n) is 9.16. The summed E-state index contributed by atoms with van der Waals surface area (Å²) >= 11 is 2.68. The van der Waals surface area contributed by atoms with E-state index in [4.69, 9.17) is 5.73 Å². The molecule has 0 radical (unpaired) electrons. The molecular weight excluding hydrogens is 254 g/mol. The van der Waals surface area contributed by atoms with Gasteiger partial charge in [0.25, 0.3) is 0 Å². The molecule has 0 saturated heterocycles. The minimum atomic E-state index is -0.190. The van der Waals surface area contributed by atoms with E-state index >= 15 is 0 Å². The Morgan fingerprint density at radius 3 is 2.65 bits per heavy atom. The first-order chi connectivity index (χ1) is 8.16. The van der Waals surface area contributed by atoms with Crippen molar-refractivity contribution in [3.8, 4) is 0 Å². The second-order valence-corrected chi connectivity index (χ2v) is 5.99. The molecule has 0 amide bonds. The maximum absolute atomic E-state index is 12.1. The lowest BCUT2D eigenvalue weighted by Crippen LogP contribution is -2.13. The maximum Gasteiger partial charge on any atom is 0.203 e. The van der Waals surface area contributed by atoms with Gasteiger partial charge in [-0.3, -0.25) is 4.79 Å². The van der Waals surface area contributed by atoms with Crippen LogP contribution in [0.2, 0.25) is 0 Å². The van der Waals surface area contributed by atoms with Crippen molar-refractivity contribution < 1.29 is 4.79 Å². The third-order valence-electron chi connectivity index (χ3n) is 2.13. The van der Waals surface area contributed by atoms with Crippen molar-refractivity contribution in [2.45, 2.75) is 16.5 Å². The molecule has 0 bridgehead atoms. The van der Waals surface area contributed by atoms with E-state index in [0.29, 0.717) is 10.7 Å². The molecule has 0 aliphatic heterocycles. The van der Waals surface area contributed by atoms with Gasteiger partial charge in [0, 0.05) is 5.56 Å². The number of anilines is 1. The van der Waals surface area contributed by atoms with Gasteiger partial charge in [-0.05, 0) is 6.92 Å². The first-order valence-electron chi connectivity index (χ1n) is 5.01. The highest BCUT2D eigenvalue weighted by molar-refractivity contribution is 8.02. The van der Waals surface area contributed by atoms with Crippen molar-refractivity contribution in [2.75, 3.05) is 5.73 Å². The monoisotopic (exact) mass is 265 g/mol. The lowest BCUT2D eigenvalue weighted by molar-refractivity contribution is 0.0994. The van der Waals surface area contributed by atoms with Crippen molar-refractivity contribution in [1.29, 1.82) is 0 Å². The number of hydrogen-bond acceptors (Lipinski definition) is 6. The predicted molar refractivity (Wildman–Crippen MR) is 70.4 cm³/mol. The molecule has 1 aromatic heterocycles. The van der Waals surface area contributed by atoms with Crippen molar-refractivity contribution in [3.63, 3.8) is 0 Å². The number of ketones is 1. The van der Waals surface area contributed by atoms with Crippen molar-refractivity contribution in [1.82, 2.24) is 10.2 Å². The summed E-state index contributed by atoms with van der Waals surface area (Å²) in [4.78, 5) is 12.1. The first-order valence-corrected chi connectivity index (χ1v) is 6.71. The number of rotatable bonds is 4. The van der Waals surface area contributed by atoms with Crippen LogP contribution in [0.1, 0.15) is 17.3 Å². The van der Waals surface area contributed by atoms with Crippen LogP contribution < -0.4 is 5.73 Å². The number of benzene rings is 1. The summed E-state index contributed by atoms with van der Waals surface area (Å²) in [5.74, 6) is 0.0874. The van der Waals surface area contributed by atoms with Gasteiger partial charge in [0.05, 0.1) is 5.25 Å². The lowest BCUT2D eigenvalue weighted by Gasteiger charge is -2.07.